The van der Waals surface area contributed by atoms with Gasteiger partial charge < -0.3 is 9.72 Å². The first kappa shape index (κ1) is 24.7. The third-order valence-electron chi connectivity index (χ3n) is 7.79. The second-order valence-corrected chi connectivity index (χ2v) is 18.3. The number of imidazole rings is 1. The number of hydrogen-bond acceptors (Lipinski definition) is 3. The van der Waals surface area contributed by atoms with E-state index >= 15 is 0 Å². The Balaban J connectivity index is 1.60. The molecule has 2 fully saturated rings. The van der Waals surface area contributed by atoms with Crippen LogP contribution >= 0.6 is 15.9 Å². The molecule has 1 N–H and O–H groups in total. The largest absolute Gasteiger partial charge is 0.460 e. The maximum absolute atomic E-state index is 12.8. The van der Waals surface area contributed by atoms with E-state index < -0.39 is 13.7 Å². The van der Waals surface area contributed by atoms with Gasteiger partial charge in [-0.15, -0.1) is 0 Å². The zero-order chi connectivity index (χ0) is 24.0. The molecule has 5 unspecified atom stereocenters. The van der Waals surface area contributed by atoms with Crippen LogP contribution in [-0.2, 0) is 9.53 Å². The van der Waals surface area contributed by atoms with Crippen LogP contribution in [0.2, 0.25) is 25.2 Å². The Kier molecular flexibility index (Phi) is 6.99. The number of ether oxygens (including phenoxy) is 1. The monoisotopic (exact) mass is 530 g/mol. The van der Waals surface area contributed by atoms with Crippen LogP contribution in [0.1, 0.15) is 58.7 Å². The predicted molar refractivity (Wildman–Crippen MR) is 141 cm³/mol. The van der Waals surface area contributed by atoms with Gasteiger partial charge >= 0.3 is 5.97 Å². The molecule has 0 bridgehead atoms. The molecule has 0 spiro atoms. The van der Waals surface area contributed by atoms with E-state index in [0.717, 1.165) is 39.8 Å². The van der Waals surface area contributed by atoms with E-state index in [-0.39, 0.29) is 5.97 Å². The number of halogens is 1. The average Bonchev–Trinajstić information content (AvgIpc) is 3.25. The lowest BCUT2D eigenvalue weighted by Crippen LogP contribution is -2.29. The van der Waals surface area contributed by atoms with Crippen molar-refractivity contribution in [1.29, 1.82) is 0 Å². The van der Waals surface area contributed by atoms with Gasteiger partial charge in [-0.1, -0.05) is 60.2 Å². The van der Waals surface area contributed by atoms with Gasteiger partial charge in [-0.3, -0.25) is 4.79 Å². The Morgan fingerprint density at radius 1 is 1.15 bits per heavy atom. The number of benzene rings is 1. The highest BCUT2D eigenvalue weighted by molar-refractivity contribution is 9.10. The quantitative estimate of drug-likeness (QED) is 0.326. The first-order valence-corrected chi connectivity index (χ1v) is 16.6. The molecule has 5 atom stereocenters. The van der Waals surface area contributed by atoms with Gasteiger partial charge in [0.1, 0.15) is 11.4 Å². The summed E-state index contributed by atoms with van der Waals surface area (Å²) in [5, 5.41) is 0. The second kappa shape index (κ2) is 9.33. The SMILES string of the molecule is CC1C(CC(=O)OC(C)(C)C)CC2C[Si](C)(C)CC2CC1c1ncc(-c2ccc(Br)cc2)[nH]1. The van der Waals surface area contributed by atoms with Gasteiger partial charge in [0.25, 0.3) is 0 Å². The number of carbonyl (C=O) groups is 1. The summed E-state index contributed by atoms with van der Waals surface area (Å²) in [5.74, 6) is 3.60. The van der Waals surface area contributed by atoms with E-state index in [0.29, 0.717) is 24.2 Å². The minimum Gasteiger partial charge on any atom is -0.460 e. The molecule has 0 radical (unpaired) electrons. The van der Waals surface area contributed by atoms with E-state index in [1.807, 2.05) is 27.0 Å². The van der Waals surface area contributed by atoms with Crippen LogP contribution in [-0.4, -0.2) is 29.6 Å². The topological polar surface area (TPSA) is 55.0 Å². The third kappa shape index (κ3) is 6.00. The smallest absolute Gasteiger partial charge is 0.306 e. The van der Waals surface area contributed by atoms with Crippen LogP contribution in [0.4, 0.5) is 0 Å². The molecule has 2 aromatic rings. The lowest BCUT2D eigenvalue weighted by molar-refractivity contribution is -0.156. The van der Waals surface area contributed by atoms with Crippen molar-refractivity contribution in [2.24, 2.45) is 23.7 Å². The molecule has 2 heterocycles. The van der Waals surface area contributed by atoms with Gasteiger partial charge in [0.2, 0.25) is 0 Å². The maximum atomic E-state index is 12.8. The number of H-pyrrole nitrogens is 1. The Labute approximate surface area is 208 Å². The van der Waals surface area contributed by atoms with Gasteiger partial charge in [-0.25, -0.2) is 4.98 Å². The third-order valence-corrected chi connectivity index (χ3v) is 11.6. The van der Waals surface area contributed by atoms with Crippen LogP contribution in [0, 0.1) is 23.7 Å². The van der Waals surface area contributed by atoms with E-state index in [9.17, 15) is 4.79 Å². The number of esters is 1. The summed E-state index contributed by atoms with van der Waals surface area (Å²) in [6.07, 6.45) is 4.82. The number of carbonyl (C=O) groups excluding carboxylic acids is 1. The van der Waals surface area contributed by atoms with E-state index in [4.69, 9.17) is 9.72 Å². The predicted octanol–water partition coefficient (Wildman–Crippen LogP) is 7.66. The van der Waals surface area contributed by atoms with Crippen LogP contribution in [0.5, 0.6) is 0 Å². The fraction of sp³-hybridized carbons (Fsp3) is 0.630. The molecule has 4 nitrogen and oxygen atoms in total. The Morgan fingerprint density at radius 2 is 1.79 bits per heavy atom. The van der Waals surface area contributed by atoms with Crippen molar-refractivity contribution in [3.63, 3.8) is 0 Å². The number of rotatable bonds is 4. The number of hydrogen-bond donors (Lipinski definition) is 1. The molecule has 33 heavy (non-hydrogen) atoms. The van der Waals surface area contributed by atoms with Gasteiger partial charge in [-0.2, -0.15) is 0 Å². The summed E-state index contributed by atoms with van der Waals surface area (Å²) in [6.45, 7) is 13.3. The number of fused-ring (bicyclic) bond motifs is 1. The molecular weight excluding hydrogens is 492 g/mol. The number of nitrogens with one attached hydrogen (secondary N) is 1. The maximum Gasteiger partial charge on any atom is 0.306 e. The van der Waals surface area contributed by atoms with Crippen molar-refractivity contribution in [3.05, 3.63) is 40.8 Å². The first-order chi connectivity index (χ1) is 15.4. The van der Waals surface area contributed by atoms with Crippen LogP contribution in [0.15, 0.2) is 34.9 Å². The zero-order valence-electron chi connectivity index (χ0n) is 21.0. The first-order valence-electron chi connectivity index (χ1n) is 12.4. The van der Waals surface area contributed by atoms with Gasteiger partial charge in [-0.05, 0) is 75.0 Å². The van der Waals surface area contributed by atoms with Crippen molar-refractivity contribution in [2.45, 2.75) is 83.7 Å². The Bertz CT molecular complexity index is 979. The second-order valence-electron chi connectivity index (χ2n) is 12.3. The molecule has 180 valence electrons. The molecule has 0 amide bonds. The highest BCUT2D eigenvalue weighted by Crippen LogP contribution is 2.53. The summed E-state index contributed by atoms with van der Waals surface area (Å²) >= 11 is 3.52. The van der Waals surface area contributed by atoms with Crippen molar-refractivity contribution < 1.29 is 9.53 Å². The van der Waals surface area contributed by atoms with Gasteiger partial charge in [0.05, 0.1) is 11.9 Å². The van der Waals surface area contributed by atoms with E-state index in [2.05, 4.69) is 65.2 Å². The highest BCUT2D eigenvalue weighted by Gasteiger charge is 2.47. The molecule has 6 heteroatoms. The zero-order valence-corrected chi connectivity index (χ0v) is 23.5. The summed E-state index contributed by atoms with van der Waals surface area (Å²) in [6, 6.07) is 11.2. The average molecular weight is 532 g/mol. The lowest BCUT2D eigenvalue weighted by Gasteiger charge is -2.29. The molecule has 1 aliphatic carbocycles. The molecule has 1 aromatic heterocycles. The summed E-state index contributed by atoms with van der Waals surface area (Å²) in [5.41, 5.74) is 1.78. The van der Waals surface area contributed by atoms with Crippen molar-refractivity contribution >= 4 is 30.0 Å². The van der Waals surface area contributed by atoms with E-state index in [1.54, 1.807) is 0 Å². The normalized spacial score (nSPS) is 29.4. The number of nitrogens with zero attached hydrogens (tertiary/aromatic N) is 1. The van der Waals surface area contributed by atoms with Crippen LogP contribution in [0.25, 0.3) is 11.3 Å². The molecular formula is C27H39BrN2O2Si. The van der Waals surface area contributed by atoms with Gasteiger partial charge in [0.15, 0.2) is 0 Å². The number of aromatic nitrogens is 2. The highest BCUT2D eigenvalue weighted by atomic mass is 79.9. The standard InChI is InChI=1S/C27H39BrN2O2Si/c1-17-19(13-25(31)32-27(2,3)4)11-20-15-33(5,6)16-21(20)12-23(17)26-29-14-24(30-26)18-7-9-22(28)10-8-18/h7-10,14,17,19-21,23H,11-13,15-16H2,1-6H3,(H,29,30). The fourth-order valence-electron chi connectivity index (χ4n) is 6.39. The molecule has 1 aliphatic heterocycles. The minimum atomic E-state index is -1.15. The van der Waals surface area contributed by atoms with Crippen LogP contribution in [0.3, 0.4) is 0 Å². The van der Waals surface area contributed by atoms with Crippen molar-refractivity contribution in [1.82, 2.24) is 9.97 Å². The van der Waals surface area contributed by atoms with Crippen molar-refractivity contribution in [2.75, 3.05) is 0 Å². The molecule has 1 saturated carbocycles. The Morgan fingerprint density at radius 3 is 2.42 bits per heavy atom. The summed E-state index contributed by atoms with van der Waals surface area (Å²) < 4.78 is 6.81. The minimum absolute atomic E-state index is 0.0546. The molecule has 2 aliphatic rings. The molecule has 1 saturated heterocycles. The lowest BCUT2D eigenvalue weighted by atomic mass is 9.79. The van der Waals surface area contributed by atoms with E-state index in [1.165, 1.54) is 18.5 Å². The fourth-order valence-corrected chi connectivity index (χ4v) is 10.7. The summed E-state index contributed by atoms with van der Waals surface area (Å²) in [4.78, 5) is 21.4. The molecule has 4 rings (SSSR count). The van der Waals surface area contributed by atoms with Crippen molar-refractivity contribution in [3.8, 4) is 11.3 Å². The summed E-state index contributed by atoms with van der Waals surface area (Å²) in [7, 11) is -1.15. The molecule has 1 aromatic carbocycles. The number of aromatic amines is 1. The van der Waals surface area contributed by atoms with Gasteiger partial charge in [0, 0.05) is 24.9 Å². The Hall–Kier alpha value is -1.40. The van der Waals surface area contributed by atoms with Crippen LogP contribution < -0.4 is 0 Å².